The van der Waals surface area contributed by atoms with Crippen molar-refractivity contribution in [1.29, 1.82) is 0 Å². The minimum atomic E-state index is -0.582. The molecule has 0 aliphatic rings. The molecule has 0 heterocycles. The third-order valence-electron chi connectivity index (χ3n) is 0.603. The van der Waals surface area contributed by atoms with Crippen LogP contribution >= 0.6 is 15.9 Å². The number of aliphatic hydroxyl groups is 1. The smallest absolute Gasteiger partial charge is 0.331 e. The van der Waals surface area contributed by atoms with Crippen molar-refractivity contribution in [2.75, 3.05) is 13.2 Å². The van der Waals surface area contributed by atoms with Crippen LogP contribution in [0.15, 0.2) is 0 Å². The number of ether oxygens (including phenoxy) is 1. The number of carbonyl (C=O) groups is 1. The van der Waals surface area contributed by atoms with E-state index in [4.69, 9.17) is 5.11 Å². The van der Waals surface area contributed by atoms with Crippen LogP contribution in [0, 0.1) is 0 Å². The molecule has 0 radical (unpaired) electrons. The standard InChI is InChI=1S/C5H9BrO3/c1-4(6)3-9-5(8)2-7/h4,7H,2-3H2,1H3. The second kappa shape index (κ2) is 4.76. The molecule has 1 atom stereocenters. The van der Waals surface area contributed by atoms with Gasteiger partial charge in [0.05, 0.1) is 0 Å². The number of halogens is 1. The van der Waals surface area contributed by atoms with E-state index < -0.39 is 12.6 Å². The largest absolute Gasteiger partial charge is 0.463 e. The van der Waals surface area contributed by atoms with E-state index in [-0.39, 0.29) is 4.83 Å². The van der Waals surface area contributed by atoms with Crippen LogP contribution in [-0.4, -0.2) is 29.1 Å². The minimum absolute atomic E-state index is 0.146. The highest BCUT2D eigenvalue weighted by Crippen LogP contribution is 1.96. The van der Waals surface area contributed by atoms with Crippen molar-refractivity contribution < 1.29 is 14.6 Å². The van der Waals surface area contributed by atoms with Gasteiger partial charge in [0, 0.05) is 4.83 Å². The third kappa shape index (κ3) is 5.79. The molecule has 0 aliphatic heterocycles. The van der Waals surface area contributed by atoms with E-state index in [1.165, 1.54) is 0 Å². The summed E-state index contributed by atoms with van der Waals surface area (Å²) < 4.78 is 4.52. The molecular formula is C5H9BrO3. The van der Waals surface area contributed by atoms with Gasteiger partial charge in [-0.05, 0) is 6.92 Å². The molecule has 0 fully saturated rings. The zero-order chi connectivity index (χ0) is 7.28. The van der Waals surface area contributed by atoms with Gasteiger partial charge in [-0.2, -0.15) is 0 Å². The molecule has 1 unspecified atom stereocenters. The highest BCUT2D eigenvalue weighted by atomic mass is 79.9. The Kier molecular flexibility index (Phi) is 4.71. The zero-order valence-corrected chi connectivity index (χ0v) is 6.72. The van der Waals surface area contributed by atoms with Crippen LogP contribution < -0.4 is 0 Å². The Hall–Kier alpha value is -0.0900. The Morgan fingerprint density at radius 2 is 2.44 bits per heavy atom. The summed E-state index contributed by atoms with van der Waals surface area (Å²) >= 11 is 3.17. The van der Waals surface area contributed by atoms with Gasteiger partial charge in [-0.3, -0.25) is 0 Å². The maximum absolute atomic E-state index is 10.2. The van der Waals surface area contributed by atoms with Gasteiger partial charge in [-0.25, -0.2) is 4.79 Å². The van der Waals surface area contributed by atoms with E-state index >= 15 is 0 Å². The van der Waals surface area contributed by atoms with Crippen molar-refractivity contribution in [2.45, 2.75) is 11.8 Å². The number of aliphatic hydroxyl groups excluding tert-OH is 1. The highest BCUT2D eigenvalue weighted by Gasteiger charge is 2.00. The first-order chi connectivity index (χ1) is 4.16. The Balaban J connectivity index is 3.17. The third-order valence-corrected chi connectivity index (χ3v) is 0.867. The van der Waals surface area contributed by atoms with Crippen molar-refractivity contribution in [3.8, 4) is 0 Å². The van der Waals surface area contributed by atoms with E-state index in [1.54, 1.807) is 0 Å². The SMILES string of the molecule is CC(Br)COC(=O)CO. The van der Waals surface area contributed by atoms with Crippen molar-refractivity contribution in [1.82, 2.24) is 0 Å². The molecule has 0 bridgehead atoms. The highest BCUT2D eigenvalue weighted by molar-refractivity contribution is 9.09. The number of esters is 1. The zero-order valence-electron chi connectivity index (χ0n) is 5.13. The quantitative estimate of drug-likeness (QED) is 0.523. The van der Waals surface area contributed by atoms with E-state index in [9.17, 15) is 4.79 Å². The van der Waals surface area contributed by atoms with Crippen LogP contribution in [0.2, 0.25) is 0 Å². The summed E-state index contributed by atoms with van der Waals surface area (Å²) in [6.45, 7) is 1.61. The fraction of sp³-hybridized carbons (Fsp3) is 0.800. The van der Waals surface area contributed by atoms with Gasteiger partial charge in [0.1, 0.15) is 13.2 Å². The minimum Gasteiger partial charge on any atom is -0.463 e. The fourth-order valence-corrected chi connectivity index (χ4v) is 0.386. The molecule has 54 valence electrons. The average molecular weight is 197 g/mol. The lowest BCUT2D eigenvalue weighted by Gasteiger charge is -2.02. The van der Waals surface area contributed by atoms with Gasteiger partial charge in [0.25, 0.3) is 0 Å². The van der Waals surface area contributed by atoms with Crippen LogP contribution in [0.1, 0.15) is 6.92 Å². The van der Waals surface area contributed by atoms with Gasteiger partial charge < -0.3 is 9.84 Å². The average Bonchev–Trinajstić information content (AvgIpc) is 1.83. The molecule has 0 amide bonds. The molecule has 0 rings (SSSR count). The molecule has 3 nitrogen and oxygen atoms in total. The Morgan fingerprint density at radius 1 is 1.89 bits per heavy atom. The predicted molar refractivity (Wildman–Crippen MR) is 36.4 cm³/mol. The summed E-state index contributed by atoms with van der Waals surface area (Å²) in [5, 5.41) is 8.16. The summed E-state index contributed by atoms with van der Waals surface area (Å²) in [4.78, 5) is 10.4. The first-order valence-electron chi connectivity index (χ1n) is 2.57. The van der Waals surface area contributed by atoms with E-state index in [1.807, 2.05) is 6.92 Å². The van der Waals surface area contributed by atoms with Gasteiger partial charge in [-0.15, -0.1) is 0 Å². The molecular weight excluding hydrogens is 188 g/mol. The molecule has 9 heavy (non-hydrogen) atoms. The summed E-state index contributed by atoms with van der Waals surface area (Å²) in [5.74, 6) is -0.582. The number of rotatable bonds is 3. The summed E-state index contributed by atoms with van der Waals surface area (Å²) in [6, 6.07) is 0. The van der Waals surface area contributed by atoms with Crippen LogP contribution in [0.3, 0.4) is 0 Å². The molecule has 0 aliphatic carbocycles. The number of alkyl halides is 1. The van der Waals surface area contributed by atoms with Crippen LogP contribution in [-0.2, 0) is 9.53 Å². The molecule has 0 spiro atoms. The maximum atomic E-state index is 10.2. The van der Waals surface area contributed by atoms with Crippen molar-refractivity contribution >= 4 is 21.9 Å². The topological polar surface area (TPSA) is 46.5 Å². The normalized spacial score (nSPS) is 12.8. The number of hydrogen-bond donors (Lipinski definition) is 1. The lowest BCUT2D eigenvalue weighted by atomic mass is 10.5. The van der Waals surface area contributed by atoms with Gasteiger partial charge >= 0.3 is 5.97 Å². The van der Waals surface area contributed by atoms with Gasteiger partial charge in [0.2, 0.25) is 0 Å². The lowest BCUT2D eigenvalue weighted by molar-refractivity contribution is -0.146. The molecule has 0 aromatic carbocycles. The van der Waals surface area contributed by atoms with E-state index in [2.05, 4.69) is 20.7 Å². The molecule has 0 saturated heterocycles. The Labute approximate surface area is 62.1 Å². The first-order valence-corrected chi connectivity index (χ1v) is 3.49. The number of carbonyl (C=O) groups excluding carboxylic acids is 1. The molecule has 0 aromatic heterocycles. The molecule has 1 N–H and O–H groups in total. The summed E-state index contributed by atoms with van der Waals surface area (Å²) in [5.41, 5.74) is 0. The van der Waals surface area contributed by atoms with Crippen LogP contribution in [0.4, 0.5) is 0 Å². The maximum Gasteiger partial charge on any atom is 0.331 e. The van der Waals surface area contributed by atoms with Gasteiger partial charge in [0.15, 0.2) is 0 Å². The van der Waals surface area contributed by atoms with Crippen LogP contribution in [0.5, 0.6) is 0 Å². The van der Waals surface area contributed by atoms with Gasteiger partial charge in [-0.1, -0.05) is 15.9 Å². The van der Waals surface area contributed by atoms with Crippen molar-refractivity contribution in [3.05, 3.63) is 0 Å². The summed E-state index contributed by atoms with van der Waals surface area (Å²) in [7, 11) is 0. The lowest BCUT2D eigenvalue weighted by Crippen LogP contribution is -2.13. The predicted octanol–water partition coefficient (Wildman–Crippen LogP) is 0.305. The van der Waals surface area contributed by atoms with Crippen LogP contribution in [0.25, 0.3) is 0 Å². The van der Waals surface area contributed by atoms with Crippen molar-refractivity contribution in [2.24, 2.45) is 0 Å². The van der Waals surface area contributed by atoms with E-state index in [0.29, 0.717) is 6.61 Å². The van der Waals surface area contributed by atoms with E-state index in [0.717, 1.165) is 0 Å². The molecule has 0 aromatic rings. The second-order valence-corrected chi connectivity index (χ2v) is 3.19. The van der Waals surface area contributed by atoms with Crippen molar-refractivity contribution in [3.63, 3.8) is 0 Å². The Morgan fingerprint density at radius 3 is 2.78 bits per heavy atom. The monoisotopic (exact) mass is 196 g/mol. The molecule has 4 heteroatoms. The fourth-order valence-electron chi connectivity index (χ4n) is 0.253. The first kappa shape index (κ1) is 8.91. The Bertz CT molecular complexity index is 92.2. The molecule has 0 saturated carbocycles. The number of hydrogen-bond acceptors (Lipinski definition) is 3. The summed E-state index contributed by atoms with van der Waals surface area (Å²) in [6.07, 6.45) is 0. The second-order valence-electron chi connectivity index (χ2n) is 1.62.